The van der Waals surface area contributed by atoms with Gasteiger partial charge in [-0.2, -0.15) is 0 Å². The number of rotatable bonds is 3. The number of nitrogens with one attached hydrogen (secondary N) is 1. The average Bonchev–Trinajstić information content (AvgIpc) is 2.44. The lowest BCUT2D eigenvalue weighted by Crippen LogP contribution is -2.37. The minimum Gasteiger partial charge on any atom is -0.490 e. The summed E-state index contributed by atoms with van der Waals surface area (Å²) in [6.45, 7) is 3.74. The van der Waals surface area contributed by atoms with Crippen LogP contribution in [-0.2, 0) is 0 Å². The highest BCUT2D eigenvalue weighted by Gasteiger charge is 2.19. The van der Waals surface area contributed by atoms with Crippen molar-refractivity contribution in [2.45, 2.75) is 0 Å². The van der Waals surface area contributed by atoms with Crippen LogP contribution < -0.4 is 15.0 Å². The van der Waals surface area contributed by atoms with Gasteiger partial charge in [0.1, 0.15) is 12.4 Å². The molecule has 94 valence electrons. The molecule has 3 heteroatoms. The fraction of sp³-hybridized carbons (Fsp3) is 0.333. The van der Waals surface area contributed by atoms with Crippen LogP contribution in [0.15, 0.2) is 36.4 Å². The molecular weight excluding hydrogens is 224 g/mol. The predicted octanol–water partition coefficient (Wildman–Crippen LogP) is 2.26. The van der Waals surface area contributed by atoms with Crippen LogP contribution >= 0.6 is 0 Å². The van der Waals surface area contributed by atoms with E-state index in [-0.39, 0.29) is 0 Å². The lowest BCUT2D eigenvalue weighted by atomic mass is 10.1. The molecule has 0 saturated carbocycles. The molecule has 3 nitrogen and oxygen atoms in total. The first-order chi connectivity index (χ1) is 8.90. The first-order valence-electron chi connectivity index (χ1n) is 6.44. The number of hydrogen-bond acceptors (Lipinski definition) is 3. The lowest BCUT2D eigenvalue weighted by Gasteiger charge is -2.32. The van der Waals surface area contributed by atoms with Crippen molar-refractivity contribution in [2.24, 2.45) is 0 Å². The summed E-state index contributed by atoms with van der Waals surface area (Å²) in [4.78, 5) is 2.41. The maximum Gasteiger partial charge on any atom is 0.143 e. The largest absolute Gasteiger partial charge is 0.490 e. The quantitative estimate of drug-likeness (QED) is 0.893. The average molecular weight is 242 g/mol. The normalized spacial score (nSPS) is 14.4. The number of fused-ring (bicyclic) bond motifs is 3. The summed E-state index contributed by atoms with van der Waals surface area (Å²) in [6.07, 6.45) is 0. The minimum absolute atomic E-state index is 0.773. The predicted molar refractivity (Wildman–Crippen MR) is 75.6 cm³/mol. The molecule has 1 N–H and O–H groups in total. The van der Waals surface area contributed by atoms with Gasteiger partial charge in [0, 0.05) is 18.5 Å². The molecule has 0 fully saturated rings. The number of benzene rings is 2. The van der Waals surface area contributed by atoms with Crippen LogP contribution in [0.1, 0.15) is 0 Å². The van der Waals surface area contributed by atoms with Crippen molar-refractivity contribution in [1.82, 2.24) is 5.32 Å². The zero-order valence-corrected chi connectivity index (χ0v) is 10.6. The Kier molecular flexibility index (Phi) is 3.07. The first kappa shape index (κ1) is 11.4. The molecule has 3 rings (SSSR count). The van der Waals surface area contributed by atoms with E-state index in [1.165, 1.54) is 16.5 Å². The zero-order chi connectivity index (χ0) is 12.4. The van der Waals surface area contributed by atoms with Gasteiger partial charge in [-0.15, -0.1) is 0 Å². The smallest absolute Gasteiger partial charge is 0.143 e. The van der Waals surface area contributed by atoms with Crippen molar-refractivity contribution in [3.8, 4) is 5.75 Å². The maximum absolute atomic E-state index is 5.78. The van der Waals surface area contributed by atoms with Crippen LogP contribution in [-0.4, -0.2) is 33.3 Å². The Morgan fingerprint density at radius 3 is 3.00 bits per heavy atom. The Morgan fingerprint density at radius 2 is 2.11 bits per heavy atom. The highest BCUT2D eigenvalue weighted by atomic mass is 16.5. The molecule has 0 amide bonds. The molecule has 0 aromatic heterocycles. The van der Waals surface area contributed by atoms with Crippen LogP contribution in [0, 0.1) is 0 Å². The van der Waals surface area contributed by atoms with E-state index < -0.39 is 0 Å². The number of ether oxygens (including phenoxy) is 1. The van der Waals surface area contributed by atoms with E-state index in [4.69, 9.17) is 4.74 Å². The third-order valence-electron chi connectivity index (χ3n) is 3.43. The molecule has 1 aliphatic rings. The second-order valence-electron chi connectivity index (χ2n) is 4.57. The summed E-state index contributed by atoms with van der Waals surface area (Å²) in [7, 11) is 1.99. The Balaban J connectivity index is 2.09. The molecule has 0 atom stereocenters. The second kappa shape index (κ2) is 4.86. The van der Waals surface area contributed by atoms with E-state index in [1.54, 1.807) is 0 Å². The molecule has 0 saturated heterocycles. The zero-order valence-electron chi connectivity index (χ0n) is 10.6. The molecule has 0 bridgehead atoms. The van der Waals surface area contributed by atoms with Gasteiger partial charge in [0.05, 0.1) is 12.2 Å². The summed E-state index contributed by atoms with van der Waals surface area (Å²) in [5, 5.41) is 5.77. The van der Waals surface area contributed by atoms with Gasteiger partial charge in [0.15, 0.2) is 0 Å². The van der Waals surface area contributed by atoms with Gasteiger partial charge in [-0.1, -0.05) is 30.3 Å². The van der Waals surface area contributed by atoms with Gasteiger partial charge in [-0.3, -0.25) is 0 Å². The molecule has 0 aliphatic carbocycles. The molecule has 2 aromatic carbocycles. The van der Waals surface area contributed by atoms with Crippen LogP contribution in [0.25, 0.3) is 10.8 Å². The highest BCUT2D eigenvalue weighted by molar-refractivity contribution is 5.97. The number of hydrogen-bond donors (Lipinski definition) is 1. The van der Waals surface area contributed by atoms with Crippen molar-refractivity contribution in [3.05, 3.63) is 36.4 Å². The van der Waals surface area contributed by atoms with Crippen molar-refractivity contribution in [2.75, 3.05) is 38.2 Å². The van der Waals surface area contributed by atoms with Crippen molar-refractivity contribution < 1.29 is 4.74 Å². The van der Waals surface area contributed by atoms with Gasteiger partial charge in [0.2, 0.25) is 0 Å². The molecule has 1 heterocycles. The molecule has 0 radical (unpaired) electrons. The summed E-state index contributed by atoms with van der Waals surface area (Å²) >= 11 is 0. The first-order valence-corrected chi connectivity index (χ1v) is 6.44. The van der Waals surface area contributed by atoms with E-state index in [0.29, 0.717) is 0 Å². The van der Waals surface area contributed by atoms with Crippen LogP contribution in [0.5, 0.6) is 5.75 Å². The third kappa shape index (κ3) is 1.91. The van der Waals surface area contributed by atoms with E-state index in [0.717, 1.165) is 32.0 Å². The number of likely N-dealkylation sites (N-methyl/N-ethyl adjacent to an activating group) is 1. The van der Waals surface area contributed by atoms with Gasteiger partial charge < -0.3 is 15.0 Å². The van der Waals surface area contributed by atoms with Crippen molar-refractivity contribution in [1.29, 1.82) is 0 Å². The SMILES string of the molecule is CNCCN1CCOc2ccc3ccccc3c21. The van der Waals surface area contributed by atoms with Gasteiger partial charge in [-0.05, 0) is 18.5 Å². The summed E-state index contributed by atoms with van der Waals surface area (Å²) in [5.41, 5.74) is 1.25. The second-order valence-corrected chi connectivity index (χ2v) is 4.57. The van der Waals surface area contributed by atoms with Gasteiger partial charge >= 0.3 is 0 Å². The summed E-state index contributed by atoms with van der Waals surface area (Å²) in [5.74, 6) is 1.01. The summed E-state index contributed by atoms with van der Waals surface area (Å²) in [6, 6.07) is 12.7. The standard InChI is InChI=1S/C15H18N2O/c1-16-8-9-17-10-11-18-14-7-6-12-4-2-3-5-13(12)15(14)17/h2-7,16H,8-11H2,1H3. The molecule has 2 aromatic rings. The lowest BCUT2D eigenvalue weighted by molar-refractivity contribution is 0.308. The number of anilines is 1. The van der Waals surface area contributed by atoms with E-state index in [9.17, 15) is 0 Å². The third-order valence-corrected chi connectivity index (χ3v) is 3.43. The molecule has 0 unspecified atom stereocenters. The number of nitrogens with zero attached hydrogens (tertiary/aromatic N) is 1. The topological polar surface area (TPSA) is 24.5 Å². The Bertz CT molecular complexity index is 553. The monoisotopic (exact) mass is 242 g/mol. The van der Waals surface area contributed by atoms with Crippen LogP contribution in [0.3, 0.4) is 0 Å². The van der Waals surface area contributed by atoms with E-state index in [2.05, 4.69) is 46.6 Å². The minimum atomic E-state index is 0.773. The van der Waals surface area contributed by atoms with E-state index >= 15 is 0 Å². The Labute approximate surface area is 107 Å². The Hall–Kier alpha value is -1.74. The van der Waals surface area contributed by atoms with Crippen molar-refractivity contribution >= 4 is 16.5 Å². The molecular formula is C15H18N2O. The summed E-state index contributed by atoms with van der Waals surface area (Å²) < 4.78 is 5.78. The maximum atomic E-state index is 5.78. The molecule has 1 aliphatic heterocycles. The van der Waals surface area contributed by atoms with Gasteiger partial charge in [-0.25, -0.2) is 0 Å². The van der Waals surface area contributed by atoms with Crippen LogP contribution in [0.2, 0.25) is 0 Å². The molecule has 0 spiro atoms. The molecule has 18 heavy (non-hydrogen) atoms. The fourth-order valence-electron chi connectivity index (χ4n) is 2.53. The Morgan fingerprint density at radius 1 is 1.22 bits per heavy atom. The van der Waals surface area contributed by atoms with Crippen molar-refractivity contribution in [3.63, 3.8) is 0 Å². The fourth-order valence-corrected chi connectivity index (χ4v) is 2.53. The highest BCUT2D eigenvalue weighted by Crippen LogP contribution is 2.38. The van der Waals surface area contributed by atoms with E-state index in [1.807, 2.05) is 7.05 Å². The van der Waals surface area contributed by atoms with Gasteiger partial charge in [0.25, 0.3) is 0 Å². The van der Waals surface area contributed by atoms with Crippen LogP contribution in [0.4, 0.5) is 5.69 Å².